The highest BCUT2D eigenvalue weighted by atomic mass is 16.5. The van der Waals surface area contributed by atoms with Gasteiger partial charge in [-0.1, -0.05) is 18.2 Å². The predicted molar refractivity (Wildman–Crippen MR) is 72.8 cm³/mol. The molecule has 4 heteroatoms. The first kappa shape index (κ1) is 11.3. The van der Waals surface area contributed by atoms with Crippen molar-refractivity contribution in [1.82, 2.24) is 9.97 Å². The molecule has 19 heavy (non-hydrogen) atoms. The van der Waals surface area contributed by atoms with Crippen LogP contribution in [0.1, 0.15) is 5.56 Å². The molecular formula is C15H11N3O. The van der Waals surface area contributed by atoms with E-state index in [1.165, 1.54) is 7.11 Å². The molecule has 3 rings (SSSR count). The molecule has 0 aliphatic carbocycles. The summed E-state index contributed by atoms with van der Waals surface area (Å²) >= 11 is 0. The number of nitrogens with zero attached hydrogens (tertiary/aromatic N) is 2. The Kier molecular flexibility index (Phi) is 2.66. The van der Waals surface area contributed by atoms with Crippen LogP contribution in [-0.2, 0) is 0 Å². The number of aromatic amines is 1. The number of aromatic nitrogens is 2. The number of fused-ring (bicyclic) bond motifs is 1. The van der Waals surface area contributed by atoms with Gasteiger partial charge < -0.3 is 9.72 Å². The minimum absolute atomic E-state index is 0.484. The first-order valence-corrected chi connectivity index (χ1v) is 5.84. The second-order valence-corrected chi connectivity index (χ2v) is 4.13. The minimum Gasteiger partial charge on any atom is -0.494 e. The number of hydrogen-bond donors (Lipinski definition) is 1. The van der Waals surface area contributed by atoms with Crippen LogP contribution in [0.15, 0.2) is 42.7 Å². The van der Waals surface area contributed by atoms with E-state index in [1.54, 1.807) is 12.3 Å². The van der Waals surface area contributed by atoms with E-state index in [0.29, 0.717) is 11.3 Å². The summed E-state index contributed by atoms with van der Waals surface area (Å²) in [6.07, 6.45) is 3.48. The van der Waals surface area contributed by atoms with Gasteiger partial charge in [0.2, 0.25) is 0 Å². The Morgan fingerprint density at radius 3 is 2.95 bits per heavy atom. The van der Waals surface area contributed by atoms with Crippen LogP contribution in [0.3, 0.4) is 0 Å². The Morgan fingerprint density at radius 1 is 1.32 bits per heavy atom. The van der Waals surface area contributed by atoms with Crippen LogP contribution < -0.4 is 4.74 Å². The van der Waals surface area contributed by atoms with E-state index < -0.39 is 0 Å². The molecule has 0 aliphatic rings. The number of rotatable bonds is 2. The van der Waals surface area contributed by atoms with Crippen molar-refractivity contribution in [3.63, 3.8) is 0 Å². The minimum atomic E-state index is 0.484. The van der Waals surface area contributed by atoms with Crippen LogP contribution in [0, 0.1) is 11.3 Å². The first-order chi connectivity index (χ1) is 9.33. The van der Waals surface area contributed by atoms with Gasteiger partial charge >= 0.3 is 0 Å². The molecule has 2 heterocycles. The predicted octanol–water partition coefficient (Wildman–Crippen LogP) is 3.11. The normalized spacial score (nSPS) is 10.3. The van der Waals surface area contributed by atoms with Gasteiger partial charge in [0, 0.05) is 22.7 Å². The third-order valence-electron chi connectivity index (χ3n) is 3.07. The van der Waals surface area contributed by atoms with E-state index in [1.807, 2.05) is 30.5 Å². The number of ether oxygens (including phenoxy) is 1. The average Bonchev–Trinajstić information content (AvgIpc) is 2.90. The van der Waals surface area contributed by atoms with Crippen molar-refractivity contribution in [3.05, 3.63) is 48.3 Å². The van der Waals surface area contributed by atoms with Crippen molar-refractivity contribution in [3.8, 4) is 23.1 Å². The maximum absolute atomic E-state index is 9.12. The Labute approximate surface area is 110 Å². The summed E-state index contributed by atoms with van der Waals surface area (Å²) in [5, 5.41) is 10.2. The molecule has 0 unspecified atom stereocenters. The molecule has 0 spiro atoms. The smallest absolute Gasteiger partial charge is 0.154 e. The molecule has 1 aromatic carbocycles. The fraction of sp³-hybridized carbons (Fsp3) is 0.0667. The van der Waals surface area contributed by atoms with E-state index in [4.69, 9.17) is 10.00 Å². The molecular weight excluding hydrogens is 238 g/mol. The SMILES string of the molecule is COc1cnc(-c2c[nH]c3ccccc23)cc1C#N. The Hall–Kier alpha value is -2.80. The molecule has 92 valence electrons. The molecule has 0 fully saturated rings. The molecule has 1 N–H and O–H groups in total. The molecule has 0 radical (unpaired) electrons. The zero-order valence-electron chi connectivity index (χ0n) is 10.3. The van der Waals surface area contributed by atoms with Crippen molar-refractivity contribution >= 4 is 10.9 Å². The monoisotopic (exact) mass is 249 g/mol. The van der Waals surface area contributed by atoms with Crippen molar-refractivity contribution in [2.24, 2.45) is 0 Å². The molecule has 0 aliphatic heterocycles. The summed E-state index contributed by atoms with van der Waals surface area (Å²) in [5.41, 5.74) is 3.27. The van der Waals surface area contributed by atoms with E-state index >= 15 is 0 Å². The molecule has 4 nitrogen and oxygen atoms in total. The second-order valence-electron chi connectivity index (χ2n) is 4.13. The molecule has 0 saturated carbocycles. The number of H-pyrrole nitrogens is 1. The van der Waals surface area contributed by atoms with Gasteiger partial charge in [0.05, 0.1) is 24.6 Å². The fourth-order valence-corrected chi connectivity index (χ4v) is 2.12. The lowest BCUT2D eigenvalue weighted by Crippen LogP contribution is -1.91. The quantitative estimate of drug-likeness (QED) is 0.759. The first-order valence-electron chi connectivity index (χ1n) is 5.84. The van der Waals surface area contributed by atoms with E-state index in [0.717, 1.165) is 22.2 Å². The van der Waals surface area contributed by atoms with Crippen LogP contribution in [0.25, 0.3) is 22.2 Å². The maximum Gasteiger partial charge on any atom is 0.154 e. The van der Waals surface area contributed by atoms with Gasteiger partial charge in [0.1, 0.15) is 6.07 Å². The van der Waals surface area contributed by atoms with Gasteiger partial charge in [0.25, 0.3) is 0 Å². The zero-order chi connectivity index (χ0) is 13.2. The van der Waals surface area contributed by atoms with Crippen molar-refractivity contribution < 1.29 is 4.74 Å². The van der Waals surface area contributed by atoms with Crippen molar-refractivity contribution in [2.45, 2.75) is 0 Å². The molecule has 2 aromatic heterocycles. The zero-order valence-corrected chi connectivity index (χ0v) is 10.3. The van der Waals surface area contributed by atoms with Crippen molar-refractivity contribution in [2.75, 3.05) is 7.11 Å². The van der Waals surface area contributed by atoms with Crippen LogP contribution in [0.5, 0.6) is 5.75 Å². The highest BCUT2D eigenvalue weighted by Crippen LogP contribution is 2.29. The number of hydrogen-bond acceptors (Lipinski definition) is 3. The van der Waals surface area contributed by atoms with E-state index in [-0.39, 0.29) is 0 Å². The van der Waals surface area contributed by atoms with Crippen LogP contribution in [0.2, 0.25) is 0 Å². The molecule has 3 aromatic rings. The average molecular weight is 249 g/mol. The van der Waals surface area contributed by atoms with Gasteiger partial charge in [-0.2, -0.15) is 5.26 Å². The summed E-state index contributed by atoms with van der Waals surface area (Å²) in [6, 6.07) is 11.9. The number of nitrogens with one attached hydrogen (secondary N) is 1. The summed E-state index contributed by atoms with van der Waals surface area (Å²) in [4.78, 5) is 7.55. The molecule has 0 atom stereocenters. The van der Waals surface area contributed by atoms with E-state index in [2.05, 4.69) is 16.0 Å². The standard InChI is InChI=1S/C15H11N3O/c1-19-15-9-18-14(6-10(15)7-16)12-8-17-13-5-3-2-4-11(12)13/h2-6,8-9,17H,1H3. The maximum atomic E-state index is 9.12. The lowest BCUT2D eigenvalue weighted by molar-refractivity contribution is 0.411. The Morgan fingerprint density at radius 2 is 2.16 bits per heavy atom. The van der Waals surface area contributed by atoms with Gasteiger partial charge in [-0.05, 0) is 12.1 Å². The fourth-order valence-electron chi connectivity index (χ4n) is 2.12. The number of benzene rings is 1. The van der Waals surface area contributed by atoms with Crippen LogP contribution in [-0.4, -0.2) is 17.1 Å². The molecule has 0 saturated heterocycles. The van der Waals surface area contributed by atoms with Crippen molar-refractivity contribution in [1.29, 1.82) is 5.26 Å². The summed E-state index contributed by atoms with van der Waals surface area (Å²) < 4.78 is 5.10. The Bertz CT molecular complexity index is 783. The highest BCUT2D eigenvalue weighted by molar-refractivity contribution is 5.94. The lowest BCUT2D eigenvalue weighted by atomic mass is 10.1. The van der Waals surface area contributed by atoms with Gasteiger partial charge in [-0.15, -0.1) is 0 Å². The summed E-state index contributed by atoms with van der Waals surface area (Å²) in [6.45, 7) is 0. The highest BCUT2D eigenvalue weighted by Gasteiger charge is 2.10. The third kappa shape index (κ3) is 1.81. The third-order valence-corrected chi connectivity index (χ3v) is 3.07. The molecule has 0 amide bonds. The summed E-state index contributed by atoms with van der Waals surface area (Å²) in [5.74, 6) is 0.492. The van der Waals surface area contributed by atoms with Crippen LogP contribution >= 0.6 is 0 Å². The Balaban J connectivity index is 2.20. The summed E-state index contributed by atoms with van der Waals surface area (Å²) in [7, 11) is 1.53. The number of methoxy groups -OCH3 is 1. The van der Waals surface area contributed by atoms with Gasteiger partial charge in [-0.3, -0.25) is 4.98 Å². The number of pyridine rings is 1. The lowest BCUT2D eigenvalue weighted by Gasteiger charge is -2.04. The number of nitriles is 1. The van der Waals surface area contributed by atoms with Crippen LogP contribution in [0.4, 0.5) is 0 Å². The van der Waals surface area contributed by atoms with E-state index in [9.17, 15) is 0 Å². The van der Waals surface area contributed by atoms with Gasteiger partial charge in [-0.25, -0.2) is 0 Å². The topological polar surface area (TPSA) is 61.7 Å². The molecule has 0 bridgehead atoms. The van der Waals surface area contributed by atoms with Gasteiger partial charge in [0.15, 0.2) is 5.75 Å². The second kappa shape index (κ2) is 4.46. The largest absolute Gasteiger partial charge is 0.494 e. The number of para-hydroxylation sites is 1.